The first-order chi connectivity index (χ1) is 9.70. The summed E-state index contributed by atoms with van der Waals surface area (Å²) in [6.45, 7) is 1.67. The van der Waals surface area contributed by atoms with Gasteiger partial charge in [0.15, 0.2) is 0 Å². The van der Waals surface area contributed by atoms with E-state index in [4.69, 9.17) is 4.55 Å². The van der Waals surface area contributed by atoms with Gasteiger partial charge in [-0.1, -0.05) is 24.3 Å². The fraction of sp³-hybridized carbons (Fsp3) is 0.0769. The highest BCUT2D eigenvalue weighted by Crippen LogP contribution is 2.25. The second-order valence-electron chi connectivity index (χ2n) is 4.39. The van der Waals surface area contributed by atoms with E-state index in [1.807, 2.05) is 0 Å². The first kappa shape index (κ1) is 15.5. The van der Waals surface area contributed by atoms with E-state index in [2.05, 4.69) is 4.72 Å². The predicted octanol–water partition coefficient (Wildman–Crippen LogP) is 2.04. The van der Waals surface area contributed by atoms with Gasteiger partial charge in [0.1, 0.15) is 4.90 Å². The molecule has 0 aromatic heterocycles. The predicted molar refractivity (Wildman–Crippen MR) is 78.2 cm³/mol. The second kappa shape index (κ2) is 5.47. The number of sulfonamides is 1. The van der Waals surface area contributed by atoms with Crippen molar-refractivity contribution in [1.29, 1.82) is 0 Å². The number of rotatable bonds is 4. The summed E-state index contributed by atoms with van der Waals surface area (Å²) in [5.74, 6) is 0. The van der Waals surface area contributed by atoms with Gasteiger partial charge in [-0.2, -0.15) is 8.42 Å². The average molecular weight is 327 g/mol. The van der Waals surface area contributed by atoms with Gasteiger partial charge in [-0.05, 0) is 36.8 Å². The molecule has 0 aliphatic rings. The molecule has 6 nitrogen and oxygen atoms in total. The average Bonchev–Trinajstić information content (AvgIpc) is 2.38. The van der Waals surface area contributed by atoms with Gasteiger partial charge in [0.2, 0.25) is 0 Å². The van der Waals surface area contributed by atoms with Crippen molar-refractivity contribution < 1.29 is 21.4 Å². The van der Waals surface area contributed by atoms with E-state index in [0.717, 1.165) is 6.07 Å². The fourth-order valence-corrected chi connectivity index (χ4v) is 3.54. The largest absolute Gasteiger partial charge is 0.296 e. The summed E-state index contributed by atoms with van der Waals surface area (Å²) >= 11 is 0. The maximum absolute atomic E-state index is 12.2. The van der Waals surface area contributed by atoms with Crippen molar-refractivity contribution in [3.05, 3.63) is 54.1 Å². The minimum Gasteiger partial charge on any atom is -0.282 e. The third-order valence-corrected chi connectivity index (χ3v) is 5.00. The lowest BCUT2D eigenvalue weighted by Gasteiger charge is -2.11. The number of hydrogen-bond acceptors (Lipinski definition) is 4. The van der Waals surface area contributed by atoms with E-state index in [9.17, 15) is 16.8 Å². The van der Waals surface area contributed by atoms with Gasteiger partial charge in [0.05, 0.1) is 10.6 Å². The monoisotopic (exact) mass is 327 g/mol. The highest BCUT2D eigenvalue weighted by Gasteiger charge is 2.21. The van der Waals surface area contributed by atoms with Crippen LogP contribution in [0.4, 0.5) is 5.69 Å². The van der Waals surface area contributed by atoms with Crippen LogP contribution in [0.3, 0.4) is 0 Å². The standard InChI is InChI=1S/C13H13NO5S2/c1-10-7-8-13(21(17,18)19)12(9-10)14-20(15,16)11-5-3-2-4-6-11/h2-9,14H,1H3,(H,17,18,19). The third-order valence-electron chi connectivity index (χ3n) is 2.71. The molecule has 0 aliphatic carbocycles. The zero-order valence-corrected chi connectivity index (χ0v) is 12.6. The van der Waals surface area contributed by atoms with Crippen molar-refractivity contribution in [2.45, 2.75) is 16.7 Å². The number of benzene rings is 2. The smallest absolute Gasteiger partial charge is 0.282 e. The maximum atomic E-state index is 12.2. The Morgan fingerprint density at radius 1 is 0.952 bits per heavy atom. The lowest BCUT2D eigenvalue weighted by atomic mass is 10.2. The Kier molecular flexibility index (Phi) is 4.04. The van der Waals surface area contributed by atoms with Crippen molar-refractivity contribution >= 4 is 25.8 Å². The molecule has 8 heteroatoms. The van der Waals surface area contributed by atoms with E-state index < -0.39 is 25.0 Å². The van der Waals surface area contributed by atoms with Crippen LogP contribution >= 0.6 is 0 Å². The van der Waals surface area contributed by atoms with E-state index in [1.165, 1.54) is 24.3 Å². The lowest BCUT2D eigenvalue weighted by Crippen LogP contribution is -2.15. The highest BCUT2D eigenvalue weighted by atomic mass is 32.2. The summed E-state index contributed by atoms with van der Waals surface area (Å²) in [7, 11) is -8.47. The Balaban J connectivity index is 2.52. The minimum atomic E-state index is -4.53. The molecule has 0 unspecified atom stereocenters. The van der Waals surface area contributed by atoms with E-state index in [-0.39, 0.29) is 10.6 Å². The Labute approximate surface area is 123 Å². The first-order valence-electron chi connectivity index (χ1n) is 5.86. The normalized spacial score (nSPS) is 12.1. The molecule has 0 bridgehead atoms. The highest BCUT2D eigenvalue weighted by molar-refractivity contribution is 7.93. The molecule has 0 atom stereocenters. The van der Waals surface area contributed by atoms with Crippen LogP contribution < -0.4 is 4.72 Å². The van der Waals surface area contributed by atoms with Crippen LogP contribution in [0.2, 0.25) is 0 Å². The molecule has 21 heavy (non-hydrogen) atoms. The van der Waals surface area contributed by atoms with Crippen molar-refractivity contribution in [1.82, 2.24) is 0 Å². The second-order valence-corrected chi connectivity index (χ2v) is 7.47. The molecular weight excluding hydrogens is 314 g/mol. The SMILES string of the molecule is Cc1ccc(S(=O)(=O)O)c(NS(=O)(=O)c2ccccc2)c1. The molecule has 2 aromatic carbocycles. The number of nitrogens with one attached hydrogen (secondary N) is 1. The third kappa shape index (κ3) is 3.60. The summed E-state index contributed by atoms with van der Waals surface area (Å²) in [5, 5.41) is 0. The number of hydrogen-bond donors (Lipinski definition) is 2. The molecule has 0 spiro atoms. The quantitative estimate of drug-likeness (QED) is 0.837. The fourth-order valence-electron chi connectivity index (χ4n) is 1.75. The topological polar surface area (TPSA) is 101 Å². The summed E-state index contributed by atoms with van der Waals surface area (Å²) in [6.07, 6.45) is 0. The van der Waals surface area contributed by atoms with Gasteiger partial charge in [-0.25, -0.2) is 8.42 Å². The van der Waals surface area contributed by atoms with Gasteiger partial charge in [-0.3, -0.25) is 9.27 Å². The van der Waals surface area contributed by atoms with Crippen LogP contribution in [-0.4, -0.2) is 21.4 Å². The Morgan fingerprint density at radius 3 is 2.14 bits per heavy atom. The first-order valence-corrected chi connectivity index (χ1v) is 8.78. The molecule has 0 saturated heterocycles. The lowest BCUT2D eigenvalue weighted by molar-refractivity contribution is 0.483. The summed E-state index contributed by atoms with van der Waals surface area (Å²) in [5.41, 5.74) is 0.453. The molecule has 2 N–H and O–H groups in total. The zero-order valence-electron chi connectivity index (χ0n) is 11.0. The number of aryl methyl sites for hydroxylation is 1. The molecule has 2 aromatic rings. The number of anilines is 1. The Hall–Kier alpha value is -1.90. The van der Waals surface area contributed by atoms with Gasteiger partial charge < -0.3 is 0 Å². The molecule has 2 rings (SSSR count). The summed E-state index contributed by atoms with van der Waals surface area (Å²) in [6, 6.07) is 11.5. The van der Waals surface area contributed by atoms with Crippen LogP contribution in [0.25, 0.3) is 0 Å². The van der Waals surface area contributed by atoms with Crippen molar-refractivity contribution in [2.75, 3.05) is 4.72 Å². The van der Waals surface area contributed by atoms with Crippen molar-refractivity contribution in [3.8, 4) is 0 Å². The van der Waals surface area contributed by atoms with Crippen LogP contribution in [0.1, 0.15) is 5.56 Å². The van der Waals surface area contributed by atoms with E-state index in [0.29, 0.717) is 5.56 Å². The van der Waals surface area contributed by atoms with Gasteiger partial charge >= 0.3 is 0 Å². The van der Waals surface area contributed by atoms with E-state index >= 15 is 0 Å². The Morgan fingerprint density at radius 2 is 1.57 bits per heavy atom. The maximum Gasteiger partial charge on any atom is 0.296 e. The molecular formula is C13H13NO5S2. The van der Waals surface area contributed by atoms with Crippen molar-refractivity contribution in [3.63, 3.8) is 0 Å². The molecule has 112 valence electrons. The molecule has 0 amide bonds. The molecule has 0 fully saturated rings. The Bertz CT molecular complexity index is 859. The zero-order chi connectivity index (χ0) is 15.7. The van der Waals surface area contributed by atoms with Crippen LogP contribution in [-0.2, 0) is 20.1 Å². The van der Waals surface area contributed by atoms with Gasteiger partial charge in [0.25, 0.3) is 20.1 Å². The van der Waals surface area contributed by atoms with Crippen LogP contribution in [0, 0.1) is 6.92 Å². The molecule has 0 radical (unpaired) electrons. The van der Waals surface area contributed by atoms with E-state index in [1.54, 1.807) is 25.1 Å². The van der Waals surface area contributed by atoms with Gasteiger partial charge in [-0.15, -0.1) is 0 Å². The van der Waals surface area contributed by atoms with Crippen molar-refractivity contribution in [2.24, 2.45) is 0 Å². The summed E-state index contributed by atoms with van der Waals surface area (Å²) in [4.78, 5) is -0.500. The van der Waals surface area contributed by atoms with Crippen LogP contribution in [0.15, 0.2) is 58.3 Å². The van der Waals surface area contributed by atoms with Crippen LogP contribution in [0.5, 0.6) is 0 Å². The minimum absolute atomic E-state index is 0.00667. The van der Waals surface area contributed by atoms with Gasteiger partial charge in [0, 0.05) is 0 Å². The molecule has 0 saturated carbocycles. The molecule has 0 heterocycles. The summed E-state index contributed by atoms with van der Waals surface area (Å²) < 4.78 is 58.4. The molecule has 0 aliphatic heterocycles.